The number of ether oxygens (including phenoxy) is 1. The van der Waals surface area contributed by atoms with E-state index >= 15 is 0 Å². The monoisotopic (exact) mass is 241 g/mol. The van der Waals surface area contributed by atoms with E-state index in [0.29, 0.717) is 0 Å². The molecule has 0 amide bonds. The predicted octanol–water partition coefficient (Wildman–Crippen LogP) is 2.36. The predicted molar refractivity (Wildman–Crippen MR) is 53.1 cm³/mol. The molecule has 0 fully saturated rings. The molecule has 2 N–H and O–H groups in total. The molecule has 0 spiro atoms. The van der Waals surface area contributed by atoms with E-state index in [1.54, 1.807) is 0 Å². The third-order valence-electron chi connectivity index (χ3n) is 1.83. The Labute approximate surface area is 91.6 Å². The lowest BCUT2D eigenvalue weighted by molar-refractivity contribution is 0.392. The highest BCUT2D eigenvalue weighted by Gasteiger charge is 2.17. The maximum absolute atomic E-state index is 13.2. The third kappa shape index (κ3) is 3.00. The van der Waals surface area contributed by atoms with E-state index in [1.807, 2.05) is 0 Å². The molecule has 0 saturated carbocycles. The Hall–Kier alpha value is -0.940. The third-order valence-corrected chi connectivity index (χ3v) is 1.83. The minimum absolute atomic E-state index is 0. The zero-order valence-corrected chi connectivity index (χ0v) is 8.78. The average molecular weight is 242 g/mol. The van der Waals surface area contributed by atoms with Gasteiger partial charge in [0.25, 0.3) is 0 Å². The molecule has 0 aliphatic heterocycles. The van der Waals surface area contributed by atoms with Crippen molar-refractivity contribution in [2.45, 2.75) is 6.04 Å². The molecule has 1 aromatic carbocycles. The lowest BCUT2D eigenvalue weighted by Crippen LogP contribution is -2.16. The van der Waals surface area contributed by atoms with E-state index in [4.69, 9.17) is 5.73 Å². The fourth-order valence-electron chi connectivity index (χ4n) is 1.11. The number of halogens is 4. The molecule has 2 nitrogen and oxygen atoms in total. The number of nitrogens with two attached hydrogens (primary N) is 1. The second-order valence-corrected chi connectivity index (χ2v) is 2.77. The van der Waals surface area contributed by atoms with E-state index in [1.165, 1.54) is 7.11 Å². The van der Waals surface area contributed by atoms with E-state index < -0.39 is 29.9 Å². The van der Waals surface area contributed by atoms with Crippen molar-refractivity contribution in [3.63, 3.8) is 0 Å². The molecular weight excluding hydrogens is 231 g/mol. The van der Waals surface area contributed by atoms with Gasteiger partial charge in [-0.1, -0.05) is 0 Å². The zero-order chi connectivity index (χ0) is 10.7. The van der Waals surface area contributed by atoms with Gasteiger partial charge < -0.3 is 10.5 Å². The van der Waals surface area contributed by atoms with Crippen LogP contribution in [0.25, 0.3) is 0 Å². The summed E-state index contributed by atoms with van der Waals surface area (Å²) in [6, 6.07) is 0.655. The molecule has 0 radical (unpaired) electrons. The van der Waals surface area contributed by atoms with Crippen molar-refractivity contribution >= 4 is 12.4 Å². The summed E-state index contributed by atoms with van der Waals surface area (Å²) in [7, 11) is 1.28. The van der Waals surface area contributed by atoms with Crippen molar-refractivity contribution in [1.29, 1.82) is 0 Å². The lowest BCUT2D eigenvalue weighted by Gasteiger charge is -2.11. The van der Waals surface area contributed by atoms with Crippen molar-refractivity contribution in [2.24, 2.45) is 5.73 Å². The second-order valence-electron chi connectivity index (χ2n) is 2.77. The Kier molecular flexibility index (Phi) is 5.46. The van der Waals surface area contributed by atoms with Gasteiger partial charge >= 0.3 is 0 Å². The first-order valence-corrected chi connectivity index (χ1v) is 3.94. The molecular formula is C9H11ClF3NO. The quantitative estimate of drug-likeness (QED) is 0.882. The van der Waals surface area contributed by atoms with Crippen LogP contribution in [0.5, 0.6) is 5.75 Å². The van der Waals surface area contributed by atoms with Gasteiger partial charge in [0.1, 0.15) is 24.1 Å². The molecule has 0 bridgehead atoms. The first-order valence-electron chi connectivity index (χ1n) is 3.94. The van der Waals surface area contributed by atoms with Crippen LogP contribution in [0.2, 0.25) is 0 Å². The van der Waals surface area contributed by atoms with Crippen LogP contribution in [0, 0.1) is 11.6 Å². The molecule has 0 unspecified atom stereocenters. The van der Waals surface area contributed by atoms with Crippen molar-refractivity contribution in [2.75, 3.05) is 13.8 Å². The van der Waals surface area contributed by atoms with Gasteiger partial charge in [0.05, 0.1) is 13.2 Å². The Morgan fingerprint density at radius 1 is 1.33 bits per heavy atom. The highest BCUT2D eigenvalue weighted by Crippen LogP contribution is 2.24. The molecule has 0 saturated heterocycles. The van der Waals surface area contributed by atoms with E-state index in [-0.39, 0.29) is 18.2 Å². The van der Waals surface area contributed by atoms with Gasteiger partial charge in [0, 0.05) is 17.7 Å². The average Bonchev–Trinajstić information content (AvgIpc) is 2.16. The number of hydrogen-bond acceptors (Lipinski definition) is 2. The highest BCUT2D eigenvalue weighted by atomic mass is 35.5. The van der Waals surface area contributed by atoms with Crippen LogP contribution in [-0.4, -0.2) is 13.8 Å². The molecule has 1 atom stereocenters. The first-order chi connectivity index (χ1) is 6.60. The van der Waals surface area contributed by atoms with Gasteiger partial charge in [0.15, 0.2) is 0 Å². The minimum Gasteiger partial charge on any atom is -0.497 e. The fourth-order valence-corrected chi connectivity index (χ4v) is 1.11. The van der Waals surface area contributed by atoms with Crippen molar-refractivity contribution < 1.29 is 17.9 Å². The molecule has 0 heterocycles. The topological polar surface area (TPSA) is 35.2 Å². The van der Waals surface area contributed by atoms with Crippen molar-refractivity contribution in [3.8, 4) is 5.75 Å². The smallest absolute Gasteiger partial charge is 0.134 e. The molecule has 0 aliphatic carbocycles. The Bertz CT molecular complexity index is 312. The Morgan fingerprint density at radius 2 is 1.80 bits per heavy atom. The van der Waals surface area contributed by atoms with E-state index in [2.05, 4.69) is 4.74 Å². The number of rotatable bonds is 3. The second kappa shape index (κ2) is 5.82. The minimum atomic E-state index is -1.28. The molecule has 15 heavy (non-hydrogen) atoms. The van der Waals surface area contributed by atoms with Crippen LogP contribution in [0.4, 0.5) is 13.2 Å². The number of hydrogen-bond donors (Lipinski definition) is 1. The summed E-state index contributed by atoms with van der Waals surface area (Å²) in [5.74, 6) is -1.76. The summed E-state index contributed by atoms with van der Waals surface area (Å²) in [6.07, 6.45) is 0. The Morgan fingerprint density at radius 3 is 2.13 bits per heavy atom. The summed E-state index contributed by atoms with van der Waals surface area (Å²) in [6.45, 7) is -1.01. The van der Waals surface area contributed by atoms with E-state index in [0.717, 1.165) is 12.1 Å². The molecule has 86 valence electrons. The van der Waals surface area contributed by atoms with Crippen molar-refractivity contribution in [1.82, 2.24) is 0 Å². The largest absolute Gasteiger partial charge is 0.497 e. The van der Waals surface area contributed by atoms with Crippen LogP contribution in [0.3, 0.4) is 0 Å². The zero-order valence-electron chi connectivity index (χ0n) is 7.97. The molecule has 0 aromatic heterocycles. The Balaban J connectivity index is 0.00000196. The normalized spacial score (nSPS) is 11.8. The highest BCUT2D eigenvalue weighted by molar-refractivity contribution is 5.85. The fraction of sp³-hybridized carbons (Fsp3) is 0.333. The summed E-state index contributed by atoms with van der Waals surface area (Å²) >= 11 is 0. The van der Waals surface area contributed by atoms with Gasteiger partial charge in [-0.05, 0) is 0 Å². The maximum atomic E-state index is 13.2. The van der Waals surface area contributed by atoms with Crippen LogP contribution in [0.1, 0.15) is 11.6 Å². The first kappa shape index (κ1) is 14.1. The van der Waals surface area contributed by atoms with Gasteiger partial charge in [-0.3, -0.25) is 0 Å². The van der Waals surface area contributed by atoms with E-state index in [9.17, 15) is 13.2 Å². The van der Waals surface area contributed by atoms with Crippen molar-refractivity contribution in [3.05, 3.63) is 29.3 Å². The standard InChI is InChI=1S/C9H10F3NO.ClH/c1-14-5-2-6(11)9(7(12)3-5)8(13)4-10;/h2-3,8H,4,13H2,1H3;1H/t8-;/m0./s1. The van der Waals surface area contributed by atoms with Gasteiger partial charge in [-0.25, -0.2) is 13.2 Å². The number of methoxy groups -OCH3 is 1. The summed E-state index contributed by atoms with van der Waals surface area (Å²) in [5, 5.41) is 0. The van der Waals surface area contributed by atoms with Gasteiger partial charge in [0.2, 0.25) is 0 Å². The number of alkyl halides is 1. The summed E-state index contributed by atoms with van der Waals surface area (Å²) in [4.78, 5) is 0. The molecule has 1 aromatic rings. The summed E-state index contributed by atoms with van der Waals surface area (Å²) < 4.78 is 43.1. The SMILES string of the molecule is COc1cc(F)c([C@@H](N)CF)c(F)c1.Cl. The maximum Gasteiger partial charge on any atom is 0.134 e. The summed E-state index contributed by atoms with van der Waals surface area (Å²) in [5.41, 5.74) is 4.74. The van der Waals surface area contributed by atoms with Crippen LogP contribution in [0.15, 0.2) is 12.1 Å². The molecule has 1 rings (SSSR count). The number of benzene rings is 1. The van der Waals surface area contributed by atoms with Crippen LogP contribution >= 0.6 is 12.4 Å². The van der Waals surface area contributed by atoms with Crippen LogP contribution < -0.4 is 10.5 Å². The van der Waals surface area contributed by atoms with Crippen LogP contribution in [-0.2, 0) is 0 Å². The lowest BCUT2D eigenvalue weighted by atomic mass is 10.1. The van der Waals surface area contributed by atoms with Gasteiger partial charge in [-0.2, -0.15) is 0 Å². The molecule has 0 aliphatic rings. The molecule has 6 heteroatoms. The van der Waals surface area contributed by atoms with Gasteiger partial charge in [-0.15, -0.1) is 12.4 Å².